The molecule has 1 aromatic rings. The van der Waals surface area contributed by atoms with Gasteiger partial charge in [-0.1, -0.05) is 29.8 Å². The maximum atomic E-state index is 11.9. The van der Waals surface area contributed by atoms with Crippen LogP contribution in [0.3, 0.4) is 0 Å². The Morgan fingerprint density at radius 1 is 1.19 bits per heavy atom. The van der Waals surface area contributed by atoms with Gasteiger partial charge >= 0.3 is 0 Å². The maximum absolute atomic E-state index is 11.9. The quantitative estimate of drug-likeness (QED) is 0.828. The van der Waals surface area contributed by atoms with Gasteiger partial charge in [-0.25, -0.2) is 0 Å². The lowest BCUT2D eigenvalue weighted by molar-refractivity contribution is -0.133. The fourth-order valence-corrected chi connectivity index (χ4v) is 2.30. The highest BCUT2D eigenvalue weighted by molar-refractivity contribution is 5.84. The van der Waals surface area contributed by atoms with Crippen LogP contribution in [0.5, 0.6) is 0 Å². The van der Waals surface area contributed by atoms with E-state index in [1.807, 2.05) is 31.2 Å². The minimum Gasteiger partial charge on any atom is -0.347 e. The lowest BCUT2D eigenvalue weighted by Gasteiger charge is -2.27. The molecule has 0 radical (unpaired) electrons. The summed E-state index contributed by atoms with van der Waals surface area (Å²) >= 11 is 0. The number of nitrogens with one attached hydrogen (secondary N) is 2. The van der Waals surface area contributed by atoms with Crippen LogP contribution in [-0.2, 0) is 16.0 Å². The van der Waals surface area contributed by atoms with E-state index in [4.69, 9.17) is 0 Å². The highest BCUT2D eigenvalue weighted by atomic mass is 16.2. The van der Waals surface area contributed by atoms with Gasteiger partial charge in [0.05, 0.1) is 6.54 Å². The molecule has 1 aliphatic rings. The summed E-state index contributed by atoms with van der Waals surface area (Å²) in [4.78, 5) is 25.5. The molecule has 21 heavy (non-hydrogen) atoms. The van der Waals surface area contributed by atoms with Gasteiger partial charge in [-0.3, -0.25) is 9.59 Å². The van der Waals surface area contributed by atoms with Gasteiger partial charge in [-0.05, 0) is 18.9 Å². The van der Waals surface area contributed by atoms with Gasteiger partial charge in [0.15, 0.2) is 0 Å². The van der Waals surface area contributed by atoms with E-state index < -0.39 is 0 Å². The average Bonchev–Trinajstić information content (AvgIpc) is 2.53. The molecule has 0 aliphatic carbocycles. The summed E-state index contributed by atoms with van der Waals surface area (Å²) in [6, 6.07) is 8.16. The standard InChI is InChI=1S/C16H23N3O2/c1-13-2-4-14(5-3-13)6-7-15(20)18-12-16(21)19-10-8-17-9-11-19/h2-5,17H,6-12H2,1H3,(H,18,20). The Labute approximate surface area is 125 Å². The molecule has 2 N–H and O–H groups in total. The number of rotatable bonds is 5. The molecule has 5 nitrogen and oxygen atoms in total. The molecule has 0 aromatic heterocycles. The summed E-state index contributed by atoms with van der Waals surface area (Å²) in [6.45, 7) is 5.24. The third-order valence-corrected chi connectivity index (χ3v) is 3.67. The number of aryl methyl sites for hydroxylation is 2. The second kappa shape index (κ2) is 7.78. The fraction of sp³-hybridized carbons (Fsp3) is 0.500. The molecule has 0 saturated carbocycles. The molecule has 1 aliphatic heterocycles. The molecule has 0 bridgehead atoms. The second-order valence-electron chi connectivity index (χ2n) is 5.39. The first-order chi connectivity index (χ1) is 10.1. The van der Waals surface area contributed by atoms with Crippen molar-refractivity contribution in [3.63, 3.8) is 0 Å². The minimum absolute atomic E-state index is 0.000172. The number of carbonyl (C=O) groups is 2. The van der Waals surface area contributed by atoms with E-state index in [-0.39, 0.29) is 18.4 Å². The number of piperazine rings is 1. The Balaban J connectivity index is 1.67. The smallest absolute Gasteiger partial charge is 0.242 e. The third kappa shape index (κ3) is 5.19. The SMILES string of the molecule is Cc1ccc(CCC(=O)NCC(=O)N2CCNCC2)cc1. The van der Waals surface area contributed by atoms with Crippen molar-refractivity contribution in [3.05, 3.63) is 35.4 Å². The lowest BCUT2D eigenvalue weighted by Crippen LogP contribution is -2.49. The van der Waals surface area contributed by atoms with Crippen molar-refractivity contribution in [1.82, 2.24) is 15.5 Å². The van der Waals surface area contributed by atoms with Crippen LogP contribution < -0.4 is 10.6 Å². The van der Waals surface area contributed by atoms with Crippen LogP contribution in [0.25, 0.3) is 0 Å². The molecular formula is C16H23N3O2. The number of carbonyl (C=O) groups excluding carboxylic acids is 2. The van der Waals surface area contributed by atoms with E-state index in [9.17, 15) is 9.59 Å². The summed E-state index contributed by atoms with van der Waals surface area (Å²) in [5.74, 6) is -0.0701. The molecule has 114 valence electrons. The van der Waals surface area contributed by atoms with Gasteiger partial charge in [-0.2, -0.15) is 0 Å². The first kappa shape index (κ1) is 15.5. The number of benzene rings is 1. The molecular weight excluding hydrogens is 266 g/mol. The molecule has 1 aromatic carbocycles. The minimum atomic E-state index is -0.0703. The second-order valence-corrected chi connectivity index (χ2v) is 5.39. The normalized spacial score (nSPS) is 14.8. The predicted molar refractivity (Wildman–Crippen MR) is 82.0 cm³/mol. The van der Waals surface area contributed by atoms with E-state index in [1.54, 1.807) is 4.90 Å². The molecule has 2 rings (SSSR count). The zero-order valence-electron chi connectivity index (χ0n) is 12.5. The fourth-order valence-electron chi connectivity index (χ4n) is 2.30. The van der Waals surface area contributed by atoms with Crippen LogP contribution in [0.1, 0.15) is 17.5 Å². The van der Waals surface area contributed by atoms with Gasteiger partial charge in [0.2, 0.25) is 11.8 Å². The van der Waals surface area contributed by atoms with Gasteiger partial charge in [-0.15, -0.1) is 0 Å². The van der Waals surface area contributed by atoms with Crippen LogP contribution in [0.2, 0.25) is 0 Å². The Morgan fingerprint density at radius 3 is 2.52 bits per heavy atom. The van der Waals surface area contributed by atoms with Gasteiger partial charge in [0.25, 0.3) is 0 Å². The monoisotopic (exact) mass is 289 g/mol. The van der Waals surface area contributed by atoms with Crippen LogP contribution in [0.15, 0.2) is 24.3 Å². The van der Waals surface area contributed by atoms with Gasteiger partial charge < -0.3 is 15.5 Å². The summed E-state index contributed by atoms with van der Waals surface area (Å²) in [7, 11) is 0. The molecule has 2 amide bonds. The Bertz CT molecular complexity index is 479. The summed E-state index contributed by atoms with van der Waals surface area (Å²) in [5, 5.41) is 5.91. The molecule has 0 atom stereocenters. The van der Waals surface area contributed by atoms with Crippen molar-refractivity contribution < 1.29 is 9.59 Å². The van der Waals surface area contributed by atoms with Crippen molar-refractivity contribution in [2.24, 2.45) is 0 Å². The molecule has 5 heteroatoms. The zero-order valence-corrected chi connectivity index (χ0v) is 12.5. The van der Waals surface area contributed by atoms with E-state index in [1.165, 1.54) is 5.56 Å². The first-order valence-electron chi connectivity index (χ1n) is 7.46. The first-order valence-corrected chi connectivity index (χ1v) is 7.46. The van der Waals surface area contributed by atoms with Crippen LogP contribution in [0.4, 0.5) is 0 Å². The van der Waals surface area contributed by atoms with E-state index in [0.29, 0.717) is 12.8 Å². The molecule has 1 heterocycles. The number of amides is 2. The molecule has 0 unspecified atom stereocenters. The number of hydrogen-bond acceptors (Lipinski definition) is 3. The molecule has 1 fully saturated rings. The number of hydrogen-bond donors (Lipinski definition) is 2. The highest BCUT2D eigenvalue weighted by Gasteiger charge is 2.16. The van der Waals surface area contributed by atoms with Gasteiger partial charge in [0.1, 0.15) is 0 Å². The zero-order chi connectivity index (χ0) is 15.1. The topological polar surface area (TPSA) is 61.4 Å². The van der Waals surface area contributed by atoms with Crippen LogP contribution in [0, 0.1) is 6.92 Å². The Kier molecular flexibility index (Phi) is 5.75. The van der Waals surface area contributed by atoms with Crippen LogP contribution in [-0.4, -0.2) is 49.4 Å². The summed E-state index contributed by atoms with van der Waals surface area (Å²) in [5.41, 5.74) is 2.36. The van der Waals surface area contributed by atoms with E-state index >= 15 is 0 Å². The predicted octanol–water partition coefficient (Wildman–Crippen LogP) is 0.476. The van der Waals surface area contributed by atoms with Crippen molar-refractivity contribution in [1.29, 1.82) is 0 Å². The van der Waals surface area contributed by atoms with Crippen molar-refractivity contribution in [2.75, 3.05) is 32.7 Å². The van der Waals surface area contributed by atoms with Crippen molar-refractivity contribution in [3.8, 4) is 0 Å². The Hall–Kier alpha value is -1.88. The largest absolute Gasteiger partial charge is 0.347 e. The number of nitrogens with zero attached hydrogens (tertiary/aromatic N) is 1. The summed E-state index contributed by atoms with van der Waals surface area (Å²) in [6.07, 6.45) is 1.12. The summed E-state index contributed by atoms with van der Waals surface area (Å²) < 4.78 is 0. The van der Waals surface area contributed by atoms with Gasteiger partial charge in [0, 0.05) is 32.6 Å². The Morgan fingerprint density at radius 2 is 1.86 bits per heavy atom. The molecule has 0 spiro atoms. The van der Waals surface area contributed by atoms with E-state index in [2.05, 4.69) is 10.6 Å². The molecule has 1 saturated heterocycles. The lowest BCUT2D eigenvalue weighted by atomic mass is 10.1. The highest BCUT2D eigenvalue weighted by Crippen LogP contribution is 2.05. The average molecular weight is 289 g/mol. The van der Waals surface area contributed by atoms with Crippen molar-refractivity contribution >= 4 is 11.8 Å². The van der Waals surface area contributed by atoms with Crippen molar-refractivity contribution in [2.45, 2.75) is 19.8 Å². The third-order valence-electron chi connectivity index (χ3n) is 3.67. The van der Waals surface area contributed by atoms with Crippen LogP contribution >= 0.6 is 0 Å². The van der Waals surface area contributed by atoms with E-state index in [0.717, 1.165) is 31.7 Å². The maximum Gasteiger partial charge on any atom is 0.242 e.